The first-order valence-corrected chi connectivity index (χ1v) is 11.7. The molecule has 26 heavy (non-hydrogen) atoms. The van der Waals surface area contributed by atoms with Crippen molar-refractivity contribution in [3.8, 4) is 0 Å². The molecule has 2 unspecified atom stereocenters. The quantitative estimate of drug-likeness (QED) is 0.204. The third-order valence-corrected chi connectivity index (χ3v) is 5.32. The van der Waals surface area contributed by atoms with Gasteiger partial charge in [-0.15, -0.1) is 0 Å². The second-order valence-electron chi connectivity index (χ2n) is 6.98. The van der Waals surface area contributed by atoms with Crippen molar-refractivity contribution in [3.63, 3.8) is 0 Å². The smallest absolute Gasteiger partial charge is 0.219 e. The number of unbranched alkanes of at least 4 members (excludes halogenated alkanes) is 8. The average molecular weight is 386 g/mol. The Morgan fingerprint density at radius 2 is 1.81 bits per heavy atom. The minimum absolute atomic E-state index is 0.220. The SMILES string of the molecule is C=S1NC(CCCCC/C=C/CCCCNC(=O)CCCCCC)NO1. The van der Waals surface area contributed by atoms with Crippen LogP contribution in [0.15, 0.2) is 12.2 Å². The van der Waals surface area contributed by atoms with Gasteiger partial charge in [-0.25, -0.2) is 9.01 Å². The fourth-order valence-electron chi connectivity index (χ4n) is 2.88. The fraction of sp³-hybridized carbons (Fsp3) is 0.800. The van der Waals surface area contributed by atoms with E-state index in [4.69, 9.17) is 4.28 Å². The van der Waals surface area contributed by atoms with Gasteiger partial charge in [0.05, 0.1) is 6.17 Å². The van der Waals surface area contributed by atoms with E-state index in [2.05, 4.69) is 40.5 Å². The maximum atomic E-state index is 11.6. The number of rotatable bonds is 16. The molecular formula is C20H39N3O2S. The van der Waals surface area contributed by atoms with Gasteiger partial charge in [-0.05, 0) is 50.8 Å². The van der Waals surface area contributed by atoms with Crippen molar-refractivity contribution in [2.24, 2.45) is 0 Å². The number of carbonyl (C=O) groups excluding carboxylic acids is 1. The summed E-state index contributed by atoms with van der Waals surface area (Å²) in [6.45, 7) is 3.01. The third kappa shape index (κ3) is 13.5. The van der Waals surface area contributed by atoms with Crippen LogP contribution in [0.5, 0.6) is 0 Å². The lowest BCUT2D eigenvalue weighted by molar-refractivity contribution is -0.121. The van der Waals surface area contributed by atoms with E-state index in [0.29, 0.717) is 6.42 Å². The van der Waals surface area contributed by atoms with Crippen LogP contribution in [-0.2, 0) is 9.08 Å². The summed E-state index contributed by atoms with van der Waals surface area (Å²) in [6.07, 6.45) is 19.5. The summed E-state index contributed by atoms with van der Waals surface area (Å²) < 4.78 is 8.43. The largest absolute Gasteiger partial charge is 0.356 e. The first-order chi connectivity index (χ1) is 12.7. The molecule has 0 aromatic heterocycles. The maximum absolute atomic E-state index is 11.6. The van der Waals surface area contributed by atoms with E-state index in [9.17, 15) is 4.79 Å². The number of nitrogens with one attached hydrogen (secondary N) is 3. The Bertz CT molecular complexity index is 416. The van der Waals surface area contributed by atoms with Crippen molar-refractivity contribution in [3.05, 3.63) is 12.2 Å². The van der Waals surface area contributed by atoms with Crippen molar-refractivity contribution in [2.75, 3.05) is 6.54 Å². The van der Waals surface area contributed by atoms with Crippen LogP contribution in [-0.4, -0.2) is 24.5 Å². The Balaban J connectivity index is 1.79. The zero-order chi connectivity index (χ0) is 18.9. The zero-order valence-electron chi connectivity index (χ0n) is 16.6. The van der Waals surface area contributed by atoms with Crippen LogP contribution in [0.4, 0.5) is 0 Å². The topological polar surface area (TPSA) is 62.4 Å². The Kier molecular flexibility index (Phi) is 14.8. The Hall–Kier alpha value is -0.690. The highest BCUT2D eigenvalue weighted by Gasteiger charge is 2.15. The van der Waals surface area contributed by atoms with Crippen molar-refractivity contribution in [1.82, 2.24) is 15.5 Å². The second kappa shape index (κ2) is 16.5. The number of amides is 1. The van der Waals surface area contributed by atoms with E-state index in [1.807, 2.05) is 0 Å². The fourth-order valence-corrected chi connectivity index (χ4v) is 3.64. The highest BCUT2D eigenvalue weighted by atomic mass is 32.2. The van der Waals surface area contributed by atoms with E-state index in [1.54, 1.807) is 0 Å². The van der Waals surface area contributed by atoms with Gasteiger partial charge in [-0.1, -0.05) is 51.2 Å². The predicted octanol–water partition coefficient (Wildman–Crippen LogP) is 4.73. The van der Waals surface area contributed by atoms with Gasteiger partial charge >= 0.3 is 0 Å². The van der Waals surface area contributed by atoms with Crippen LogP contribution >= 0.6 is 11.0 Å². The second-order valence-corrected chi connectivity index (χ2v) is 8.08. The summed E-state index contributed by atoms with van der Waals surface area (Å²) >= 11 is 0. The van der Waals surface area contributed by atoms with Gasteiger partial charge in [-0.2, -0.15) is 5.48 Å². The van der Waals surface area contributed by atoms with Gasteiger partial charge in [0.2, 0.25) is 5.91 Å². The molecular weight excluding hydrogens is 346 g/mol. The molecule has 1 aliphatic rings. The van der Waals surface area contributed by atoms with Crippen LogP contribution < -0.4 is 15.5 Å². The molecule has 152 valence electrons. The van der Waals surface area contributed by atoms with Crippen LogP contribution in [0.2, 0.25) is 0 Å². The molecule has 1 fully saturated rings. The Labute approximate surface area is 162 Å². The van der Waals surface area contributed by atoms with E-state index < -0.39 is 0 Å². The molecule has 0 radical (unpaired) electrons. The van der Waals surface area contributed by atoms with Crippen molar-refractivity contribution in [1.29, 1.82) is 0 Å². The van der Waals surface area contributed by atoms with Gasteiger partial charge in [-0.3, -0.25) is 4.79 Å². The van der Waals surface area contributed by atoms with Crippen molar-refractivity contribution in [2.45, 2.75) is 96.6 Å². The summed E-state index contributed by atoms with van der Waals surface area (Å²) in [5.41, 5.74) is 2.96. The highest BCUT2D eigenvalue weighted by Crippen LogP contribution is 2.15. The molecule has 0 aromatic carbocycles. The van der Waals surface area contributed by atoms with Gasteiger partial charge in [0.1, 0.15) is 0 Å². The lowest BCUT2D eigenvalue weighted by Gasteiger charge is -2.06. The lowest BCUT2D eigenvalue weighted by atomic mass is 10.1. The van der Waals surface area contributed by atoms with Gasteiger partial charge in [0.15, 0.2) is 0 Å². The highest BCUT2D eigenvalue weighted by molar-refractivity contribution is 8.08. The van der Waals surface area contributed by atoms with E-state index in [1.165, 1.54) is 38.5 Å². The molecule has 1 aliphatic heterocycles. The van der Waals surface area contributed by atoms with E-state index in [-0.39, 0.29) is 23.0 Å². The molecule has 0 aromatic rings. The number of carbonyl (C=O) groups is 1. The van der Waals surface area contributed by atoms with Gasteiger partial charge < -0.3 is 5.32 Å². The molecule has 1 amide bonds. The number of hydroxylamine groups is 1. The summed E-state index contributed by atoms with van der Waals surface area (Å²) in [7, 11) is -0.369. The summed E-state index contributed by atoms with van der Waals surface area (Å²) in [5.74, 6) is 4.04. The number of hydrogen-bond donors (Lipinski definition) is 3. The average Bonchev–Trinajstić information content (AvgIpc) is 3.05. The zero-order valence-corrected chi connectivity index (χ0v) is 17.4. The molecule has 0 saturated carbocycles. The van der Waals surface area contributed by atoms with Gasteiger partial charge in [0, 0.05) is 23.9 Å². The standard InChI is InChI=1S/C20H39N3O2S/c1-3-4-5-14-17-20(24)21-18-15-12-10-8-6-7-9-11-13-16-19-22-25-26(2)23-19/h6,8,19,22-23H,2-5,7,9-18H2,1H3,(H,21,24)/b8-6+. The van der Waals surface area contributed by atoms with E-state index >= 15 is 0 Å². The molecule has 0 spiro atoms. The van der Waals surface area contributed by atoms with Crippen molar-refractivity contribution >= 4 is 22.7 Å². The molecule has 3 N–H and O–H groups in total. The molecule has 5 nitrogen and oxygen atoms in total. The lowest BCUT2D eigenvalue weighted by Crippen LogP contribution is -2.29. The maximum Gasteiger partial charge on any atom is 0.219 e. The molecule has 0 bridgehead atoms. The minimum atomic E-state index is -0.369. The predicted molar refractivity (Wildman–Crippen MR) is 114 cm³/mol. The van der Waals surface area contributed by atoms with Crippen LogP contribution in [0.1, 0.15) is 90.4 Å². The number of allylic oxidation sites excluding steroid dienone is 2. The molecule has 1 saturated heterocycles. The molecule has 0 aliphatic carbocycles. The molecule has 6 heteroatoms. The first-order valence-electron chi connectivity index (χ1n) is 10.4. The van der Waals surface area contributed by atoms with Crippen LogP contribution in [0, 0.1) is 0 Å². The van der Waals surface area contributed by atoms with Gasteiger partial charge in [0.25, 0.3) is 0 Å². The molecule has 1 heterocycles. The van der Waals surface area contributed by atoms with Crippen LogP contribution in [0.3, 0.4) is 0 Å². The van der Waals surface area contributed by atoms with E-state index in [0.717, 1.165) is 45.1 Å². The molecule has 1 rings (SSSR count). The van der Waals surface area contributed by atoms with Crippen molar-refractivity contribution < 1.29 is 9.08 Å². The van der Waals surface area contributed by atoms with Crippen LogP contribution in [0.25, 0.3) is 0 Å². The summed E-state index contributed by atoms with van der Waals surface area (Å²) in [4.78, 5) is 11.6. The third-order valence-electron chi connectivity index (χ3n) is 4.47. The monoisotopic (exact) mass is 385 g/mol. The Morgan fingerprint density at radius 1 is 1.08 bits per heavy atom. The minimum Gasteiger partial charge on any atom is -0.356 e. The number of hydrogen-bond acceptors (Lipinski definition) is 4. The summed E-state index contributed by atoms with van der Waals surface area (Å²) in [5, 5.41) is 3.03. The molecule has 2 atom stereocenters. The first kappa shape index (κ1) is 23.3. The normalized spacial score (nSPS) is 20.0. The summed E-state index contributed by atoms with van der Waals surface area (Å²) in [6, 6.07) is 0. The Morgan fingerprint density at radius 3 is 2.50 bits per heavy atom.